The minimum atomic E-state index is -0.541. The molecule has 0 bridgehead atoms. The Hall–Kier alpha value is -3.09. The van der Waals surface area contributed by atoms with Crippen molar-refractivity contribution in [1.29, 1.82) is 0 Å². The Balaban J connectivity index is 1.64. The lowest BCUT2D eigenvalue weighted by Crippen LogP contribution is -2.11. The molecule has 0 fully saturated rings. The molecule has 2 aromatic carbocycles. The van der Waals surface area contributed by atoms with E-state index in [-0.39, 0.29) is 6.61 Å². The van der Waals surface area contributed by atoms with Gasteiger partial charge in [-0.25, -0.2) is 9.48 Å². The van der Waals surface area contributed by atoms with Gasteiger partial charge in [-0.2, -0.15) is 5.10 Å². The maximum Gasteiger partial charge on any atom is 0.331 e. The predicted octanol–water partition coefficient (Wildman–Crippen LogP) is 4.40. The number of aryl methyl sites for hydroxylation is 1. The third-order valence-electron chi connectivity index (χ3n) is 4.33. The number of nitrogens with zero attached hydrogens (tertiary/aromatic N) is 2. The number of esters is 1. The van der Waals surface area contributed by atoms with E-state index < -0.39 is 11.9 Å². The lowest BCUT2D eigenvalue weighted by molar-refractivity contribution is -0.138. The molecule has 0 atom stereocenters. The Labute approximate surface area is 183 Å². The van der Waals surface area contributed by atoms with Crippen LogP contribution in [0, 0.1) is 6.92 Å². The first-order chi connectivity index (χ1) is 14.3. The molecule has 1 amide bonds. The molecule has 3 aromatic rings. The van der Waals surface area contributed by atoms with Gasteiger partial charge in [0.2, 0.25) is 5.91 Å². The van der Waals surface area contributed by atoms with Crippen molar-refractivity contribution >= 4 is 41.2 Å². The zero-order valence-corrected chi connectivity index (χ0v) is 17.7. The average molecular weight is 444 g/mol. The van der Waals surface area contributed by atoms with Gasteiger partial charge in [0.15, 0.2) is 0 Å². The first kappa shape index (κ1) is 21.6. The Bertz CT molecular complexity index is 1110. The molecule has 0 aliphatic heterocycles. The Morgan fingerprint density at radius 2 is 1.87 bits per heavy atom. The predicted molar refractivity (Wildman–Crippen MR) is 116 cm³/mol. The lowest BCUT2D eigenvalue weighted by Gasteiger charge is -2.04. The smallest absolute Gasteiger partial charge is 0.331 e. The van der Waals surface area contributed by atoms with Gasteiger partial charge in [-0.15, -0.1) is 0 Å². The summed E-state index contributed by atoms with van der Waals surface area (Å²) in [5.74, 6) is -1.08. The maximum atomic E-state index is 12.1. The van der Waals surface area contributed by atoms with Gasteiger partial charge >= 0.3 is 5.97 Å². The van der Waals surface area contributed by atoms with Crippen molar-refractivity contribution in [1.82, 2.24) is 9.78 Å². The van der Waals surface area contributed by atoms with Crippen molar-refractivity contribution in [3.05, 3.63) is 92.7 Å². The number of carbonyl (C=O) groups excluding carboxylic acids is 2. The molecule has 0 aliphatic rings. The summed E-state index contributed by atoms with van der Waals surface area (Å²) in [6, 6.07) is 14.0. The molecule has 6 nitrogen and oxygen atoms in total. The molecule has 0 spiro atoms. The average Bonchev–Trinajstić information content (AvgIpc) is 2.99. The number of hydrogen-bond donors (Lipinski definition) is 1. The number of nitrogens with two attached hydrogens (primary N) is 1. The minimum Gasteiger partial charge on any atom is -0.458 e. The summed E-state index contributed by atoms with van der Waals surface area (Å²) >= 11 is 12.4. The maximum absolute atomic E-state index is 12.1. The SMILES string of the molecule is Cc1nn(Cc2ccc(Cl)cc2)c(Cl)c1/C=C/C(=O)OCc1cccc(C(N)=O)c1. The highest BCUT2D eigenvalue weighted by Gasteiger charge is 2.12. The van der Waals surface area contributed by atoms with Gasteiger partial charge in [0, 0.05) is 22.2 Å². The van der Waals surface area contributed by atoms with Crippen LogP contribution < -0.4 is 5.73 Å². The van der Waals surface area contributed by atoms with E-state index in [1.54, 1.807) is 47.2 Å². The van der Waals surface area contributed by atoms with Gasteiger partial charge in [-0.1, -0.05) is 47.5 Å². The topological polar surface area (TPSA) is 87.2 Å². The highest BCUT2D eigenvalue weighted by atomic mass is 35.5. The quantitative estimate of drug-likeness (QED) is 0.432. The van der Waals surface area contributed by atoms with Crippen LogP contribution in [0.4, 0.5) is 0 Å². The number of aromatic nitrogens is 2. The molecule has 0 unspecified atom stereocenters. The molecule has 1 aromatic heterocycles. The standard InChI is InChI=1S/C22H19Cl2N3O3/c1-14-19(21(24)27(26-14)12-15-5-7-18(23)8-6-15)9-10-20(28)30-13-16-3-2-4-17(11-16)22(25)29/h2-11H,12-13H2,1H3,(H2,25,29)/b10-9+. The van der Waals surface area contributed by atoms with E-state index >= 15 is 0 Å². The summed E-state index contributed by atoms with van der Waals surface area (Å²) in [4.78, 5) is 23.3. The summed E-state index contributed by atoms with van der Waals surface area (Å²) in [7, 11) is 0. The van der Waals surface area contributed by atoms with E-state index in [2.05, 4.69) is 5.10 Å². The molecular weight excluding hydrogens is 425 g/mol. The normalized spacial score (nSPS) is 11.0. The van der Waals surface area contributed by atoms with Gasteiger partial charge in [0.1, 0.15) is 11.8 Å². The first-order valence-corrected chi connectivity index (χ1v) is 9.80. The Morgan fingerprint density at radius 1 is 1.13 bits per heavy atom. The first-order valence-electron chi connectivity index (χ1n) is 9.04. The molecule has 3 rings (SSSR count). The second-order valence-corrected chi connectivity index (χ2v) is 7.37. The highest BCUT2D eigenvalue weighted by molar-refractivity contribution is 6.31. The fourth-order valence-electron chi connectivity index (χ4n) is 2.79. The van der Waals surface area contributed by atoms with Crippen LogP contribution in [0.2, 0.25) is 10.2 Å². The van der Waals surface area contributed by atoms with Gasteiger partial charge in [-0.3, -0.25) is 4.79 Å². The lowest BCUT2D eigenvalue weighted by atomic mass is 10.1. The highest BCUT2D eigenvalue weighted by Crippen LogP contribution is 2.23. The molecule has 30 heavy (non-hydrogen) atoms. The fraction of sp³-hybridized carbons (Fsp3) is 0.136. The van der Waals surface area contributed by atoms with Crippen molar-refractivity contribution in [3.8, 4) is 0 Å². The van der Waals surface area contributed by atoms with E-state index in [1.807, 2.05) is 19.1 Å². The van der Waals surface area contributed by atoms with Crippen molar-refractivity contribution in [2.45, 2.75) is 20.1 Å². The van der Waals surface area contributed by atoms with Crippen molar-refractivity contribution in [2.24, 2.45) is 5.73 Å². The van der Waals surface area contributed by atoms with Crippen molar-refractivity contribution in [3.63, 3.8) is 0 Å². The number of primary amides is 1. The van der Waals surface area contributed by atoms with E-state index in [0.29, 0.717) is 39.1 Å². The summed E-state index contributed by atoms with van der Waals surface area (Å²) in [6.45, 7) is 2.31. The molecule has 8 heteroatoms. The van der Waals surface area contributed by atoms with Crippen molar-refractivity contribution < 1.29 is 14.3 Å². The van der Waals surface area contributed by atoms with Crippen LogP contribution in [0.25, 0.3) is 6.08 Å². The minimum absolute atomic E-state index is 0.0207. The molecular formula is C22H19Cl2N3O3. The number of rotatable bonds is 7. The Morgan fingerprint density at radius 3 is 2.57 bits per heavy atom. The monoisotopic (exact) mass is 443 g/mol. The van der Waals surface area contributed by atoms with E-state index in [1.165, 1.54) is 6.08 Å². The number of amides is 1. The number of halogens is 2. The number of hydrogen-bond acceptors (Lipinski definition) is 4. The number of benzene rings is 2. The van der Waals surface area contributed by atoms with Gasteiger partial charge in [0.05, 0.1) is 12.2 Å². The summed E-state index contributed by atoms with van der Waals surface area (Å²) in [5, 5.41) is 5.50. The van der Waals surface area contributed by atoms with Crippen LogP contribution in [0.15, 0.2) is 54.6 Å². The third kappa shape index (κ3) is 5.49. The zero-order chi connectivity index (χ0) is 21.7. The number of ether oxygens (including phenoxy) is 1. The van der Waals surface area contributed by atoms with Crippen LogP contribution in [-0.4, -0.2) is 21.7 Å². The van der Waals surface area contributed by atoms with Crippen LogP contribution in [0.1, 0.15) is 32.7 Å². The fourth-order valence-corrected chi connectivity index (χ4v) is 3.22. The van der Waals surface area contributed by atoms with Gasteiger partial charge in [0.25, 0.3) is 0 Å². The van der Waals surface area contributed by atoms with E-state index in [9.17, 15) is 9.59 Å². The second-order valence-electron chi connectivity index (χ2n) is 6.58. The van der Waals surface area contributed by atoms with Crippen LogP contribution in [0.5, 0.6) is 0 Å². The molecule has 1 heterocycles. The molecule has 0 saturated heterocycles. The van der Waals surface area contributed by atoms with Crippen LogP contribution in [0.3, 0.4) is 0 Å². The second kappa shape index (κ2) is 9.61. The largest absolute Gasteiger partial charge is 0.458 e. The third-order valence-corrected chi connectivity index (χ3v) is 4.98. The summed E-state index contributed by atoms with van der Waals surface area (Å²) in [6.07, 6.45) is 2.87. The van der Waals surface area contributed by atoms with E-state index in [4.69, 9.17) is 33.7 Å². The zero-order valence-electron chi connectivity index (χ0n) is 16.1. The summed E-state index contributed by atoms with van der Waals surface area (Å²) in [5.41, 5.74) is 8.59. The van der Waals surface area contributed by atoms with Crippen LogP contribution >= 0.6 is 23.2 Å². The number of carbonyl (C=O) groups is 2. The van der Waals surface area contributed by atoms with E-state index in [0.717, 1.165) is 5.56 Å². The van der Waals surface area contributed by atoms with Gasteiger partial charge < -0.3 is 10.5 Å². The molecule has 154 valence electrons. The molecule has 2 N–H and O–H groups in total. The summed E-state index contributed by atoms with van der Waals surface area (Å²) < 4.78 is 6.87. The Kier molecular flexibility index (Phi) is 6.92. The molecule has 0 saturated carbocycles. The van der Waals surface area contributed by atoms with Gasteiger partial charge in [-0.05, 0) is 48.4 Å². The molecule has 0 radical (unpaired) electrons. The van der Waals surface area contributed by atoms with Crippen molar-refractivity contribution in [2.75, 3.05) is 0 Å². The van der Waals surface area contributed by atoms with Crippen LogP contribution in [-0.2, 0) is 22.7 Å². The molecule has 0 aliphatic carbocycles.